The van der Waals surface area contributed by atoms with Crippen LogP contribution in [0.5, 0.6) is 0 Å². The number of hydrogen-bond donors (Lipinski definition) is 1. The van der Waals surface area contributed by atoms with Gasteiger partial charge in [-0.25, -0.2) is 4.68 Å². The van der Waals surface area contributed by atoms with Gasteiger partial charge < -0.3 is 10.2 Å². The molecule has 4 rings (SSSR count). The standard InChI is InChI=1S/C29H34N4O2/c1-29(2,3)25-20-26(33(31-25)21-23-12-8-5-9-13-23)30-28(35)24-16-18-32(19-17-24)27(34)15-14-22-10-6-4-7-11-22/h4-15,20,24H,16-19,21H2,1-3H3,(H,30,35)/b15-14+. The number of carbonyl (C=O) groups excluding carboxylic acids is 2. The number of piperidine rings is 1. The maximum atomic E-state index is 13.1. The molecular formula is C29H34N4O2. The van der Waals surface area contributed by atoms with Crippen molar-refractivity contribution < 1.29 is 9.59 Å². The molecule has 0 spiro atoms. The molecule has 3 aromatic rings. The van der Waals surface area contributed by atoms with E-state index >= 15 is 0 Å². The molecule has 0 atom stereocenters. The molecule has 1 N–H and O–H groups in total. The number of likely N-dealkylation sites (tertiary alicyclic amines) is 1. The van der Waals surface area contributed by atoms with E-state index in [-0.39, 0.29) is 23.1 Å². The molecule has 1 saturated heterocycles. The van der Waals surface area contributed by atoms with Crippen molar-refractivity contribution in [2.75, 3.05) is 18.4 Å². The monoisotopic (exact) mass is 470 g/mol. The van der Waals surface area contributed by atoms with Crippen molar-refractivity contribution in [1.82, 2.24) is 14.7 Å². The van der Waals surface area contributed by atoms with Crippen molar-refractivity contribution >= 4 is 23.7 Å². The van der Waals surface area contributed by atoms with E-state index in [1.165, 1.54) is 0 Å². The lowest BCUT2D eigenvalue weighted by molar-refractivity contribution is -0.130. The van der Waals surface area contributed by atoms with Crippen LogP contribution in [0.25, 0.3) is 6.08 Å². The lowest BCUT2D eigenvalue weighted by atomic mass is 9.92. The Morgan fingerprint density at radius 2 is 1.63 bits per heavy atom. The van der Waals surface area contributed by atoms with Gasteiger partial charge in [-0.1, -0.05) is 81.4 Å². The number of benzene rings is 2. The Morgan fingerprint density at radius 3 is 2.26 bits per heavy atom. The van der Waals surface area contributed by atoms with Gasteiger partial charge in [-0.15, -0.1) is 0 Å². The predicted octanol–water partition coefficient (Wildman–Crippen LogP) is 5.12. The van der Waals surface area contributed by atoms with Crippen LogP contribution in [0.4, 0.5) is 5.82 Å². The maximum absolute atomic E-state index is 13.1. The average Bonchev–Trinajstić information content (AvgIpc) is 3.26. The highest BCUT2D eigenvalue weighted by Crippen LogP contribution is 2.26. The number of nitrogens with zero attached hydrogens (tertiary/aromatic N) is 3. The molecule has 2 aromatic carbocycles. The summed E-state index contributed by atoms with van der Waals surface area (Å²) >= 11 is 0. The fraction of sp³-hybridized carbons (Fsp3) is 0.345. The molecule has 0 aliphatic carbocycles. The highest BCUT2D eigenvalue weighted by Gasteiger charge is 2.28. The van der Waals surface area contributed by atoms with Gasteiger partial charge in [0.25, 0.3) is 0 Å². The summed E-state index contributed by atoms with van der Waals surface area (Å²) in [7, 11) is 0. The minimum absolute atomic E-state index is 0.00778. The lowest BCUT2D eigenvalue weighted by Crippen LogP contribution is -2.40. The van der Waals surface area contributed by atoms with Crippen LogP contribution < -0.4 is 5.32 Å². The van der Waals surface area contributed by atoms with Crippen LogP contribution >= 0.6 is 0 Å². The summed E-state index contributed by atoms with van der Waals surface area (Å²) < 4.78 is 1.88. The van der Waals surface area contributed by atoms with Gasteiger partial charge in [-0.3, -0.25) is 9.59 Å². The van der Waals surface area contributed by atoms with Crippen LogP contribution in [-0.2, 0) is 21.5 Å². The number of carbonyl (C=O) groups is 2. The number of rotatable bonds is 6. The maximum Gasteiger partial charge on any atom is 0.246 e. The Hall–Kier alpha value is -3.67. The predicted molar refractivity (Wildman–Crippen MR) is 140 cm³/mol. The zero-order valence-corrected chi connectivity index (χ0v) is 20.8. The second-order valence-corrected chi connectivity index (χ2v) is 10.1. The van der Waals surface area contributed by atoms with Crippen LogP contribution in [-0.4, -0.2) is 39.6 Å². The van der Waals surface area contributed by atoms with Gasteiger partial charge in [0.05, 0.1) is 12.2 Å². The molecular weight excluding hydrogens is 436 g/mol. The highest BCUT2D eigenvalue weighted by atomic mass is 16.2. The van der Waals surface area contributed by atoms with Gasteiger partial charge in [0.15, 0.2) is 0 Å². The Morgan fingerprint density at radius 1 is 1.00 bits per heavy atom. The van der Waals surface area contributed by atoms with Crippen molar-refractivity contribution in [3.8, 4) is 0 Å². The van der Waals surface area contributed by atoms with Gasteiger partial charge in [0.2, 0.25) is 11.8 Å². The molecule has 0 radical (unpaired) electrons. The van der Waals surface area contributed by atoms with Gasteiger partial charge in [-0.05, 0) is 30.0 Å². The first-order valence-electron chi connectivity index (χ1n) is 12.2. The molecule has 1 fully saturated rings. The molecule has 6 nitrogen and oxygen atoms in total. The SMILES string of the molecule is CC(C)(C)c1cc(NC(=O)C2CCN(C(=O)/C=C/c3ccccc3)CC2)n(Cc2ccccc2)n1. The van der Waals surface area contributed by atoms with E-state index in [0.717, 1.165) is 16.8 Å². The third-order valence-corrected chi connectivity index (χ3v) is 6.37. The highest BCUT2D eigenvalue weighted by molar-refractivity contribution is 5.93. The molecule has 6 heteroatoms. The van der Waals surface area contributed by atoms with E-state index in [1.807, 2.05) is 70.3 Å². The molecule has 35 heavy (non-hydrogen) atoms. The zero-order valence-electron chi connectivity index (χ0n) is 20.8. The third kappa shape index (κ3) is 6.47. The minimum atomic E-state index is -0.129. The van der Waals surface area contributed by atoms with E-state index in [2.05, 4.69) is 38.2 Å². The van der Waals surface area contributed by atoms with E-state index in [1.54, 1.807) is 6.08 Å². The van der Waals surface area contributed by atoms with Crippen molar-refractivity contribution in [3.63, 3.8) is 0 Å². The van der Waals surface area contributed by atoms with E-state index in [0.29, 0.717) is 38.3 Å². The van der Waals surface area contributed by atoms with Gasteiger partial charge in [-0.2, -0.15) is 5.10 Å². The molecule has 0 unspecified atom stereocenters. The van der Waals surface area contributed by atoms with Crippen LogP contribution in [0.3, 0.4) is 0 Å². The Kier molecular flexibility index (Phi) is 7.49. The lowest BCUT2D eigenvalue weighted by Gasteiger charge is -2.30. The van der Waals surface area contributed by atoms with Gasteiger partial charge >= 0.3 is 0 Å². The van der Waals surface area contributed by atoms with E-state index in [4.69, 9.17) is 5.10 Å². The zero-order chi connectivity index (χ0) is 24.8. The topological polar surface area (TPSA) is 67.2 Å². The molecule has 2 amide bonds. The number of nitrogens with one attached hydrogen (secondary N) is 1. The van der Waals surface area contributed by atoms with Crippen molar-refractivity contribution in [1.29, 1.82) is 0 Å². The number of aromatic nitrogens is 2. The van der Waals surface area contributed by atoms with Crippen LogP contribution in [0, 0.1) is 5.92 Å². The molecule has 0 saturated carbocycles. The van der Waals surface area contributed by atoms with Crippen LogP contribution in [0.15, 0.2) is 72.8 Å². The first kappa shape index (κ1) is 24.5. The molecule has 2 heterocycles. The van der Waals surface area contributed by atoms with Crippen molar-refractivity contribution in [2.24, 2.45) is 5.92 Å². The number of amides is 2. The summed E-state index contributed by atoms with van der Waals surface area (Å²) in [6.07, 6.45) is 4.75. The van der Waals surface area contributed by atoms with Gasteiger partial charge in [0, 0.05) is 36.6 Å². The molecule has 1 aliphatic rings. The Balaban J connectivity index is 1.38. The van der Waals surface area contributed by atoms with Gasteiger partial charge in [0.1, 0.15) is 5.82 Å². The molecule has 1 aromatic heterocycles. The fourth-order valence-electron chi connectivity index (χ4n) is 4.19. The van der Waals surface area contributed by atoms with E-state index < -0.39 is 0 Å². The molecule has 182 valence electrons. The first-order chi connectivity index (χ1) is 16.8. The third-order valence-electron chi connectivity index (χ3n) is 6.37. The summed E-state index contributed by atoms with van der Waals surface area (Å²) in [5.74, 6) is 0.568. The summed E-state index contributed by atoms with van der Waals surface area (Å²) in [6, 6.07) is 21.9. The summed E-state index contributed by atoms with van der Waals surface area (Å²) in [6.45, 7) is 8.10. The summed E-state index contributed by atoms with van der Waals surface area (Å²) in [4.78, 5) is 27.5. The van der Waals surface area contributed by atoms with Crippen LogP contribution in [0.2, 0.25) is 0 Å². The second-order valence-electron chi connectivity index (χ2n) is 10.1. The van der Waals surface area contributed by atoms with Crippen LogP contribution in [0.1, 0.15) is 50.4 Å². The average molecular weight is 471 g/mol. The summed E-state index contributed by atoms with van der Waals surface area (Å²) in [5.41, 5.74) is 2.94. The molecule has 0 bridgehead atoms. The normalized spacial score (nSPS) is 14.9. The molecule has 1 aliphatic heterocycles. The fourth-order valence-corrected chi connectivity index (χ4v) is 4.19. The van der Waals surface area contributed by atoms with Crippen molar-refractivity contribution in [2.45, 2.75) is 45.6 Å². The quantitative estimate of drug-likeness (QED) is 0.509. The largest absolute Gasteiger partial charge is 0.339 e. The second kappa shape index (κ2) is 10.7. The first-order valence-corrected chi connectivity index (χ1v) is 12.2. The summed E-state index contributed by atoms with van der Waals surface area (Å²) in [5, 5.41) is 7.92. The van der Waals surface area contributed by atoms with E-state index in [9.17, 15) is 9.59 Å². The van der Waals surface area contributed by atoms with Crippen molar-refractivity contribution in [3.05, 3.63) is 89.6 Å². The smallest absolute Gasteiger partial charge is 0.246 e. The number of hydrogen-bond acceptors (Lipinski definition) is 3. The number of anilines is 1. The Labute approximate surface area is 207 Å². The minimum Gasteiger partial charge on any atom is -0.339 e. The Bertz CT molecular complexity index is 1170.